The minimum Gasteiger partial charge on any atom is -0.497 e. The molecular formula is C23H25N5O3S. The van der Waals surface area contributed by atoms with Gasteiger partial charge in [-0.1, -0.05) is 18.2 Å². The number of nitrogens with zero attached hydrogens (tertiary/aromatic N) is 2. The number of H-pyrrole nitrogens is 1. The fourth-order valence-electron chi connectivity index (χ4n) is 3.74. The van der Waals surface area contributed by atoms with Gasteiger partial charge in [-0.15, -0.1) is 0 Å². The molecule has 1 aliphatic heterocycles. The number of rotatable bonds is 7. The van der Waals surface area contributed by atoms with E-state index in [4.69, 9.17) is 10.1 Å². The molecule has 2 unspecified atom stereocenters. The molecule has 0 radical (unpaired) electrons. The highest BCUT2D eigenvalue weighted by atomic mass is 32.2. The second kappa shape index (κ2) is 9.88. The van der Waals surface area contributed by atoms with Crippen LogP contribution in [-0.2, 0) is 11.0 Å². The van der Waals surface area contributed by atoms with E-state index in [0.29, 0.717) is 35.4 Å². The summed E-state index contributed by atoms with van der Waals surface area (Å²) in [5.41, 5.74) is 0.592. The van der Waals surface area contributed by atoms with Gasteiger partial charge in [-0.25, -0.2) is 13.5 Å². The zero-order valence-corrected chi connectivity index (χ0v) is 18.5. The molecule has 4 rings (SSSR count). The lowest BCUT2D eigenvalue weighted by atomic mass is 9.98. The van der Waals surface area contributed by atoms with E-state index in [2.05, 4.69) is 15.3 Å². The number of nitrogens with one attached hydrogen (secondary N) is 3. The highest BCUT2D eigenvalue weighted by Crippen LogP contribution is 2.28. The second-order valence-corrected chi connectivity index (χ2v) is 8.99. The number of aromatic amines is 1. The van der Waals surface area contributed by atoms with Gasteiger partial charge in [0.15, 0.2) is 0 Å². The van der Waals surface area contributed by atoms with Crippen molar-refractivity contribution < 1.29 is 8.95 Å². The highest BCUT2D eigenvalue weighted by Gasteiger charge is 2.28. The summed E-state index contributed by atoms with van der Waals surface area (Å²) in [6, 6.07) is 16.6. The third-order valence-electron chi connectivity index (χ3n) is 5.42. The molecule has 0 spiro atoms. The average Bonchev–Trinajstić information content (AvgIpc) is 2.84. The molecule has 9 heteroatoms. The van der Waals surface area contributed by atoms with Crippen molar-refractivity contribution in [1.29, 1.82) is 5.41 Å². The summed E-state index contributed by atoms with van der Waals surface area (Å²) in [5, 5.41) is 10.8. The predicted molar refractivity (Wildman–Crippen MR) is 125 cm³/mol. The molecule has 166 valence electrons. The molecule has 1 fully saturated rings. The number of piperidine rings is 1. The fourth-order valence-corrected chi connectivity index (χ4v) is 5.02. The summed E-state index contributed by atoms with van der Waals surface area (Å²) in [6.07, 6.45) is 2.67. The molecule has 8 nitrogen and oxygen atoms in total. The lowest BCUT2D eigenvalue weighted by molar-refractivity contribution is 0.323. The van der Waals surface area contributed by atoms with E-state index in [-0.39, 0.29) is 17.0 Å². The van der Waals surface area contributed by atoms with Crippen molar-refractivity contribution in [2.45, 2.75) is 23.7 Å². The Bertz CT molecular complexity index is 1160. The summed E-state index contributed by atoms with van der Waals surface area (Å²) >= 11 is 0. The average molecular weight is 452 g/mol. The van der Waals surface area contributed by atoms with Gasteiger partial charge in [0.2, 0.25) is 0 Å². The second-order valence-electron chi connectivity index (χ2n) is 7.50. The zero-order chi connectivity index (χ0) is 22.5. The Morgan fingerprint density at radius 2 is 1.97 bits per heavy atom. The molecular weight excluding hydrogens is 426 g/mol. The molecule has 0 saturated carbocycles. The van der Waals surface area contributed by atoms with Crippen LogP contribution in [0.5, 0.6) is 5.75 Å². The van der Waals surface area contributed by atoms with Crippen LogP contribution in [-0.4, -0.2) is 44.9 Å². The summed E-state index contributed by atoms with van der Waals surface area (Å²) < 4.78 is 20.2. The van der Waals surface area contributed by atoms with E-state index in [1.54, 1.807) is 31.4 Å². The standard InChI is InChI=1S/C23H25N5O3S/c1-31-18-9-11-19(12-10-18)32(30)28-13-5-6-16(15-28)21-26-22(20(14-24)23(29)27-21)25-17-7-3-2-4-8-17/h2-4,7-12,14,16,24H,5-6,13,15H2,1H3,(H2,25,26,27,29). The van der Waals surface area contributed by atoms with Crippen LogP contribution >= 0.6 is 0 Å². The van der Waals surface area contributed by atoms with Gasteiger partial charge in [-0.05, 0) is 49.2 Å². The van der Waals surface area contributed by atoms with Crippen molar-refractivity contribution in [2.24, 2.45) is 0 Å². The number of methoxy groups -OCH3 is 1. The first-order valence-electron chi connectivity index (χ1n) is 10.4. The zero-order valence-electron chi connectivity index (χ0n) is 17.7. The lowest BCUT2D eigenvalue weighted by Crippen LogP contribution is -2.37. The molecule has 1 aliphatic rings. The van der Waals surface area contributed by atoms with Gasteiger partial charge in [0, 0.05) is 30.9 Å². The van der Waals surface area contributed by atoms with Crippen molar-refractivity contribution in [2.75, 3.05) is 25.5 Å². The quantitative estimate of drug-likeness (QED) is 0.477. The third kappa shape index (κ3) is 4.79. The molecule has 3 N–H and O–H groups in total. The highest BCUT2D eigenvalue weighted by molar-refractivity contribution is 7.82. The van der Waals surface area contributed by atoms with E-state index in [1.807, 2.05) is 34.6 Å². The Labute approximate surface area is 188 Å². The molecule has 1 saturated heterocycles. The maximum Gasteiger partial charge on any atom is 0.261 e. The minimum absolute atomic E-state index is 0.0743. The van der Waals surface area contributed by atoms with Crippen molar-refractivity contribution in [1.82, 2.24) is 14.3 Å². The fraction of sp³-hybridized carbons (Fsp3) is 0.261. The number of anilines is 2. The van der Waals surface area contributed by atoms with Crippen LogP contribution in [0.25, 0.3) is 0 Å². The van der Waals surface area contributed by atoms with Crippen LogP contribution < -0.4 is 15.6 Å². The van der Waals surface area contributed by atoms with Crippen LogP contribution in [0.1, 0.15) is 30.1 Å². The number of benzene rings is 2. The van der Waals surface area contributed by atoms with Gasteiger partial charge in [0.05, 0.1) is 17.6 Å². The predicted octanol–water partition coefficient (Wildman–Crippen LogP) is 3.42. The molecule has 2 atom stereocenters. The number of aromatic nitrogens is 2. The van der Waals surface area contributed by atoms with Gasteiger partial charge >= 0.3 is 0 Å². The summed E-state index contributed by atoms with van der Waals surface area (Å²) in [7, 11) is 0.280. The largest absolute Gasteiger partial charge is 0.497 e. The Morgan fingerprint density at radius 1 is 1.22 bits per heavy atom. The van der Waals surface area contributed by atoms with Gasteiger partial charge in [0.25, 0.3) is 5.56 Å². The topological polar surface area (TPSA) is 111 Å². The van der Waals surface area contributed by atoms with Crippen molar-refractivity contribution >= 4 is 28.7 Å². The molecule has 3 aromatic rings. The Morgan fingerprint density at radius 3 is 2.66 bits per heavy atom. The van der Waals surface area contributed by atoms with Crippen LogP contribution in [0.2, 0.25) is 0 Å². The van der Waals surface area contributed by atoms with Gasteiger partial charge in [-0.3, -0.25) is 4.79 Å². The maximum absolute atomic E-state index is 13.1. The number of hydrogen-bond acceptors (Lipinski definition) is 6. The molecule has 1 aromatic heterocycles. The van der Waals surface area contributed by atoms with Crippen molar-refractivity contribution in [3.05, 3.63) is 76.3 Å². The summed E-state index contributed by atoms with van der Waals surface area (Å²) in [5.74, 6) is 1.53. The van der Waals surface area contributed by atoms with Crippen molar-refractivity contribution in [3.8, 4) is 5.75 Å². The Kier molecular flexibility index (Phi) is 6.77. The SMILES string of the molecule is COc1ccc(S(=O)N2CCCC(c3nc(Nc4ccccc4)c(C=N)c(=O)[nH]3)C2)cc1. The van der Waals surface area contributed by atoms with Crippen LogP contribution in [0.4, 0.5) is 11.5 Å². The van der Waals surface area contributed by atoms with E-state index in [9.17, 15) is 9.00 Å². The van der Waals surface area contributed by atoms with Crippen molar-refractivity contribution in [3.63, 3.8) is 0 Å². The van der Waals surface area contributed by atoms with Crippen LogP contribution in [0, 0.1) is 5.41 Å². The smallest absolute Gasteiger partial charge is 0.261 e. The first-order valence-corrected chi connectivity index (χ1v) is 11.5. The van der Waals surface area contributed by atoms with Gasteiger partial charge < -0.3 is 20.4 Å². The van der Waals surface area contributed by atoms with Crippen LogP contribution in [0.3, 0.4) is 0 Å². The van der Waals surface area contributed by atoms with E-state index < -0.39 is 11.0 Å². The Balaban J connectivity index is 1.57. The van der Waals surface area contributed by atoms with E-state index in [0.717, 1.165) is 24.7 Å². The molecule has 32 heavy (non-hydrogen) atoms. The number of ether oxygens (including phenoxy) is 1. The summed E-state index contributed by atoms with van der Waals surface area (Å²) in [6.45, 7) is 1.21. The normalized spacial score (nSPS) is 17.5. The molecule has 0 amide bonds. The minimum atomic E-state index is -1.32. The van der Waals surface area contributed by atoms with Gasteiger partial charge in [0.1, 0.15) is 28.4 Å². The monoisotopic (exact) mass is 451 g/mol. The molecule has 0 bridgehead atoms. The lowest BCUT2D eigenvalue weighted by Gasteiger charge is -2.31. The maximum atomic E-state index is 13.1. The molecule has 2 aromatic carbocycles. The third-order valence-corrected chi connectivity index (χ3v) is 6.90. The first-order chi connectivity index (χ1) is 15.6. The van der Waals surface area contributed by atoms with Gasteiger partial charge in [-0.2, -0.15) is 0 Å². The Hall–Kier alpha value is -3.30. The van der Waals surface area contributed by atoms with E-state index >= 15 is 0 Å². The van der Waals surface area contributed by atoms with E-state index in [1.165, 1.54) is 0 Å². The number of hydrogen-bond donors (Lipinski definition) is 3. The first kappa shape index (κ1) is 21.9. The van der Waals surface area contributed by atoms with Crippen LogP contribution in [0.15, 0.2) is 64.3 Å². The molecule has 2 heterocycles. The summed E-state index contributed by atoms with van der Waals surface area (Å²) in [4.78, 5) is 20.8. The molecule has 0 aliphatic carbocycles. The number of para-hydroxylation sites is 1.